The summed E-state index contributed by atoms with van der Waals surface area (Å²) in [6.07, 6.45) is 0. The third-order valence-corrected chi connectivity index (χ3v) is 3.01. The minimum Gasteiger partial charge on any atom is -0.508 e. The topological polar surface area (TPSA) is 75.3 Å². The van der Waals surface area contributed by atoms with Crippen LogP contribution in [0, 0.1) is 0 Å². The van der Waals surface area contributed by atoms with Crippen molar-refractivity contribution in [3.05, 3.63) is 52.5 Å². The SMILES string of the molecule is Nc1ccc(NC(=O)c2cccc(O)c2)c(Br)c1. The molecular weight excluding hydrogens is 296 g/mol. The number of hydrogen-bond acceptors (Lipinski definition) is 3. The van der Waals surface area contributed by atoms with Crippen LogP contribution in [0.3, 0.4) is 0 Å². The fraction of sp³-hybridized carbons (Fsp3) is 0. The largest absolute Gasteiger partial charge is 0.508 e. The Kier molecular flexibility index (Phi) is 3.53. The smallest absolute Gasteiger partial charge is 0.255 e. The summed E-state index contributed by atoms with van der Waals surface area (Å²) in [5.41, 5.74) is 7.23. The van der Waals surface area contributed by atoms with Crippen LogP contribution in [0.25, 0.3) is 0 Å². The third-order valence-electron chi connectivity index (χ3n) is 2.35. The first-order chi connectivity index (χ1) is 8.56. The van der Waals surface area contributed by atoms with Gasteiger partial charge in [0.1, 0.15) is 5.75 Å². The summed E-state index contributed by atoms with van der Waals surface area (Å²) in [4.78, 5) is 11.9. The van der Waals surface area contributed by atoms with Crippen LogP contribution in [0.4, 0.5) is 11.4 Å². The summed E-state index contributed by atoms with van der Waals surface area (Å²) in [6, 6.07) is 11.3. The van der Waals surface area contributed by atoms with Crippen LogP contribution in [-0.4, -0.2) is 11.0 Å². The summed E-state index contributed by atoms with van der Waals surface area (Å²) < 4.78 is 0.705. The van der Waals surface area contributed by atoms with Gasteiger partial charge in [-0.25, -0.2) is 0 Å². The van der Waals surface area contributed by atoms with Crippen molar-refractivity contribution in [3.8, 4) is 5.75 Å². The molecule has 1 amide bonds. The zero-order chi connectivity index (χ0) is 13.1. The van der Waals surface area contributed by atoms with Crippen LogP contribution in [-0.2, 0) is 0 Å². The molecule has 2 rings (SSSR count). The molecule has 0 saturated carbocycles. The molecule has 0 aliphatic heterocycles. The van der Waals surface area contributed by atoms with Gasteiger partial charge in [-0.1, -0.05) is 6.07 Å². The number of nitrogens with one attached hydrogen (secondary N) is 1. The molecule has 0 aliphatic rings. The lowest BCUT2D eigenvalue weighted by Gasteiger charge is -2.08. The van der Waals surface area contributed by atoms with E-state index in [0.717, 1.165) is 0 Å². The molecule has 0 bridgehead atoms. The normalized spacial score (nSPS) is 10.1. The maximum absolute atomic E-state index is 11.9. The van der Waals surface area contributed by atoms with E-state index in [2.05, 4.69) is 21.2 Å². The van der Waals surface area contributed by atoms with Crippen molar-refractivity contribution in [1.82, 2.24) is 0 Å². The van der Waals surface area contributed by atoms with Crippen LogP contribution in [0.5, 0.6) is 5.75 Å². The number of anilines is 2. The summed E-state index contributed by atoms with van der Waals surface area (Å²) >= 11 is 3.32. The van der Waals surface area contributed by atoms with Gasteiger partial charge in [-0.2, -0.15) is 0 Å². The first kappa shape index (κ1) is 12.4. The van der Waals surface area contributed by atoms with E-state index in [-0.39, 0.29) is 11.7 Å². The number of carbonyl (C=O) groups excluding carboxylic acids is 1. The van der Waals surface area contributed by atoms with Crippen molar-refractivity contribution in [2.24, 2.45) is 0 Å². The van der Waals surface area contributed by atoms with Gasteiger partial charge in [0.2, 0.25) is 0 Å². The molecule has 4 N–H and O–H groups in total. The monoisotopic (exact) mass is 306 g/mol. The van der Waals surface area contributed by atoms with Crippen molar-refractivity contribution in [3.63, 3.8) is 0 Å². The zero-order valence-electron chi connectivity index (χ0n) is 9.35. The number of phenolic OH excluding ortho intramolecular Hbond substituents is 1. The molecule has 0 unspecified atom stereocenters. The van der Waals surface area contributed by atoms with E-state index in [1.165, 1.54) is 12.1 Å². The average Bonchev–Trinajstić information content (AvgIpc) is 2.32. The molecule has 0 spiro atoms. The molecule has 18 heavy (non-hydrogen) atoms. The molecular formula is C13H11BrN2O2. The van der Waals surface area contributed by atoms with Gasteiger partial charge in [0.25, 0.3) is 5.91 Å². The van der Waals surface area contributed by atoms with E-state index >= 15 is 0 Å². The first-order valence-electron chi connectivity index (χ1n) is 5.21. The average molecular weight is 307 g/mol. The van der Waals surface area contributed by atoms with Crippen molar-refractivity contribution in [2.45, 2.75) is 0 Å². The lowest BCUT2D eigenvalue weighted by Crippen LogP contribution is -2.12. The number of amides is 1. The highest BCUT2D eigenvalue weighted by atomic mass is 79.9. The Balaban J connectivity index is 2.21. The molecule has 92 valence electrons. The Labute approximate surface area is 113 Å². The standard InChI is InChI=1S/C13H11BrN2O2/c14-11-7-9(15)4-5-12(11)16-13(18)8-2-1-3-10(17)6-8/h1-7,17H,15H2,(H,16,18). The molecule has 5 heteroatoms. The number of phenols is 1. The Morgan fingerprint density at radius 3 is 2.67 bits per heavy atom. The predicted molar refractivity (Wildman–Crippen MR) is 74.6 cm³/mol. The minimum atomic E-state index is -0.295. The Bertz CT molecular complexity index is 599. The van der Waals surface area contributed by atoms with E-state index in [9.17, 15) is 9.90 Å². The first-order valence-corrected chi connectivity index (χ1v) is 6.01. The molecule has 0 aliphatic carbocycles. The molecule has 0 fully saturated rings. The fourth-order valence-electron chi connectivity index (χ4n) is 1.47. The number of nitrogens with two attached hydrogens (primary N) is 1. The van der Waals surface area contributed by atoms with Gasteiger partial charge < -0.3 is 16.2 Å². The van der Waals surface area contributed by atoms with E-state index in [0.29, 0.717) is 21.4 Å². The van der Waals surface area contributed by atoms with Gasteiger partial charge in [0.15, 0.2) is 0 Å². The maximum Gasteiger partial charge on any atom is 0.255 e. The molecule has 4 nitrogen and oxygen atoms in total. The molecule has 2 aromatic carbocycles. The second-order valence-electron chi connectivity index (χ2n) is 3.74. The van der Waals surface area contributed by atoms with Crippen molar-refractivity contribution in [1.29, 1.82) is 0 Å². The van der Waals surface area contributed by atoms with Crippen molar-refractivity contribution >= 4 is 33.2 Å². The highest BCUT2D eigenvalue weighted by Crippen LogP contribution is 2.25. The number of aromatic hydroxyl groups is 1. The Morgan fingerprint density at radius 1 is 1.22 bits per heavy atom. The van der Waals surface area contributed by atoms with Crippen LogP contribution in [0.2, 0.25) is 0 Å². The zero-order valence-corrected chi connectivity index (χ0v) is 10.9. The second kappa shape index (κ2) is 5.10. The second-order valence-corrected chi connectivity index (χ2v) is 4.60. The van der Waals surface area contributed by atoms with Gasteiger partial charge >= 0.3 is 0 Å². The van der Waals surface area contributed by atoms with E-state index in [1.807, 2.05) is 0 Å². The van der Waals surface area contributed by atoms with Gasteiger partial charge in [-0.15, -0.1) is 0 Å². The summed E-state index contributed by atoms with van der Waals surface area (Å²) in [5.74, 6) is -0.240. The lowest BCUT2D eigenvalue weighted by atomic mass is 10.2. The van der Waals surface area contributed by atoms with Crippen LogP contribution in [0.1, 0.15) is 10.4 Å². The maximum atomic E-state index is 11.9. The molecule has 0 heterocycles. The number of nitrogen functional groups attached to an aromatic ring is 1. The van der Waals surface area contributed by atoms with E-state index in [4.69, 9.17) is 5.73 Å². The van der Waals surface area contributed by atoms with E-state index < -0.39 is 0 Å². The van der Waals surface area contributed by atoms with Gasteiger partial charge in [-0.3, -0.25) is 4.79 Å². The molecule has 0 radical (unpaired) electrons. The quantitative estimate of drug-likeness (QED) is 0.747. The minimum absolute atomic E-state index is 0.0546. The Hall–Kier alpha value is -2.01. The highest BCUT2D eigenvalue weighted by Gasteiger charge is 2.08. The number of halogens is 1. The molecule has 0 saturated heterocycles. The van der Waals surface area contributed by atoms with Gasteiger partial charge in [0.05, 0.1) is 5.69 Å². The van der Waals surface area contributed by atoms with Gasteiger partial charge in [-0.05, 0) is 52.3 Å². The van der Waals surface area contributed by atoms with Crippen LogP contribution < -0.4 is 11.1 Å². The number of hydrogen-bond donors (Lipinski definition) is 3. The molecule has 0 atom stereocenters. The van der Waals surface area contributed by atoms with Crippen LogP contribution >= 0.6 is 15.9 Å². The summed E-state index contributed by atoms with van der Waals surface area (Å²) in [7, 11) is 0. The van der Waals surface area contributed by atoms with Gasteiger partial charge in [0, 0.05) is 15.7 Å². The molecule has 2 aromatic rings. The molecule has 0 aromatic heterocycles. The third kappa shape index (κ3) is 2.81. The lowest BCUT2D eigenvalue weighted by molar-refractivity contribution is 0.102. The van der Waals surface area contributed by atoms with Crippen molar-refractivity contribution < 1.29 is 9.90 Å². The van der Waals surface area contributed by atoms with Crippen molar-refractivity contribution in [2.75, 3.05) is 11.1 Å². The van der Waals surface area contributed by atoms with Crippen LogP contribution in [0.15, 0.2) is 46.9 Å². The predicted octanol–water partition coefficient (Wildman–Crippen LogP) is 2.99. The van der Waals surface area contributed by atoms with E-state index in [1.54, 1.807) is 30.3 Å². The highest BCUT2D eigenvalue weighted by molar-refractivity contribution is 9.10. The fourth-order valence-corrected chi connectivity index (χ4v) is 1.97. The number of rotatable bonds is 2. The number of benzene rings is 2. The summed E-state index contributed by atoms with van der Waals surface area (Å²) in [5, 5.41) is 12.0. The summed E-state index contributed by atoms with van der Waals surface area (Å²) in [6.45, 7) is 0. The Morgan fingerprint density at radius 2 is 2.00 bits per heavy atom. The number of carbonyl (C=O) groups is 1.